The number of nitrogens with two attached hydrogens (primary N) is 1. The lowest BCUT2D eigenvalue weighted by molar-refractivity contribution is 0.368. The zero-order valence-corrected chi connectivity index (χ0v) is 10.2. The zero-order chi connectivity index (χ0) is 11.7. The van der Waals surface area contributed by atoms with Crippen molar-refractivity contribution in [3.63, 3.8) is 0 Å². The van der Waals surface area contributed by atoms with Crippen LogP contribution in [0.1, 0.15) is 16.8 Å². The van der Waals surface area contributed by atoms with E-state index in [1.165, 1.54) is 11.3 Å². The highest BCUT2D eigenvalue weighted by molar-refractivity contribution is 7.10. The van der Waals surface area contributed by atoms with E-state index in [4.69, 9.17) is 10.3 Å². The summed E-state index contributed by atoms with van der Waals surface area (Å²) in [7, 11) is 0. The second kappa shape index (κ2) is 4.36. The summed E-state index contributed by atoms with van der Waals surface area (Å²) in [6, 6.07) is 3.52. The van der Waals surface area contributed by atoms with E-state index in [9.17, 15) is 0 Å². The van der Waals surface area contributed by atoms with Gasteiger partial charge in [0.2, 0.25) is 11.7 Å². The maximum absolute atomic E-state index is 6.02. The van der Waals surface area contributed by atoms with Crippen molar-refractivity contribution >= 4 is 22.7 Å². The van der Waals surface area contributed by atoms with E-state index in [0.29, 0.717) is 17.4 Å². The largest absolute Gasteiger partial charge is 0.337 e. The van der Waals surface area contributed by atoms with Crippen molar-refractivity contribution in [3.8, 4) is 11.5 Å². The van der Waals surface area contributed by atoms with Crippen molar-refractivity contribution in [2.45, 2.75) is 6.04 Å². The second-order valence-corrected chi connectivity index (χ2v) is 5.02. The Kier molecular flexibility index (Phi) is 2.71. The van der Waals surface area contributed by atoms with Crippen LogP contribution in [0.25, 0.3) is 11.5 Å². The minimum atomic E-state index is -0.366. The van der Waals surface area contributed by atoms with E-state index in [2.05, 4.69) is 15.1 Å². The number of thiophene rings is 1. The van der Waals surface area contributed by atoms with E-state index in [1.54, 1.807) is 16.8 Å². The third-order valence-corrected chi connectivity index (χ3v) is 3.76. The van der Waals surface area contributed by atoms with Crippen LogP contribution in [0, 0.1) is 0 Å². The molecule has 0 fully saturated rings. The number of hydrogen-bond donors (Lipinski definition) is 1. The standard InChI is InChI=1S/C10H8N4OS2/c11-8(7-2-1-3-17-7)10-13-9(14-15-10)6-4-16-5-12-6/h1-5,8H,11H2. The summed E-state index contributed by atoms with van der Waals surface area (Å²) in [5.74, 6) is 0.892. The Morgan fingerprint density at radius 1 is 1.41 bits per heavy atom. The molecule has 5 nitrogen and oxygen atoms in total. The van der Waals surface area contributed by atoms with E-state index in [-0.39, 0.29) is 6.04 Å². The summed E-state index contributed by atoms with van der Waals surface area (Å²) in [5, 5.41) is 7.70. The maximum Gasteiger partial charge on any atom is 0.249 e. The summed E-state index contributed by atoms with van der Waals surface area (Å²) in [4.78, 5) is 9.37. The topological polar surface area (TPSA) is 77.8 Å². The van der Waals surface area contributed by atoms with E-state index in [1.807, 2.05) is 22.9 Å². The first kappa shape index (κ1) is 10.6. The van der Waals surface area contributed by atoms with Gasteiger partial charge in [0.1, 0.15) is 11.7 Å². The molecule has 1 unspecified atom stereocenters. The highest BCUT2D eigenvalue weighted by Crippen LogP contribution is 2.24. The fraction of sp³-hybridized carbons (Fsp3) is 0.100. The van der Waals surface area contributed by atoms with Gasteiger partial charge in [0.25, 0.3) is 0 Å². The van der Waals surface area contributed by atoms with Gasteiger partial charge in [-0.2, -0.15) is 4.98 Å². The third-order valence-electron chi connectivity index (χ3n) is 2.22. The molecule has 0 aliphatic heterocycles. The molecule has 0 radical (unpaired) electrons. The van der Waals surface area contributed by atoms with Gasteiger partial charge in [0.05, 0.1) is 5.51 Å². The first-order chi connectivity index (χ1) is 8.34. The monoisotopic (exact) mass is 264 g/mol. The molecule has 3 aromatic rings. The molecule has 0 aliphatic carbocycles. The van der Waals surface area contributed by atoms with Crippen LogP contribution in [0.5, 0.6) is 0 Å². The molecule has 0 saturated heterocycles. The van der Waals surface area contributed by atoms with Gasteiger partial charge in [0, 0.05) is 10.3 Å². The van der Waals surface area contributed by atoms with Gasteiger partial charge in [0.15, 0.2) is 0 Å². The predicted octanol–water partition coefficient (Wildman–Crippen LogP) is 2.30. The van der Waals surface area contributed by atoms with Crippen molar-refractivity contribution in [2.75, 3.05) is 0 Å². The van der Waals surface area contributed by atoms with Gasteiger partial charge < -0.3 is 10.3 Å². The molecule has 7 heteroatoms. The van der Waals surface area contributed by atoms with Crippen LogP contribution in [0.2, 0.25) is 0 Å². The first-order valence-corrected chi connectivity index (χ1v) is 6.68. The number of aromatic nitrogens is 3. The number of hydrogen-bond acceptors (Lipinski definition) is 7. The van der Waals surface area contributed by atoms with Crippen LogP contribution < -0.4 is 5.73 Å². The lowest BCUT2D eigenvalue weighted by Gasteiger charge is -2.01. The van der Waals surface area contributed by atoms with Crippen molar-refractivity contribution in [3.05, 3.63) is 39.2 Å². The van der Waals surface area contributed by atoms with Crippen molar-refractivity contribution in [1.82, 2.24) is 15.1 Å². The Bertz CT molecular complexity index is 588. The molecule has 0 spiro atoms. The van der Waals surface area contributed by atoms with Crippen molar-refractivity contribution in [2.24, 2.45) is 5.73 Å². The maximum atomic E-state index is 6.02. The molecule has 1 atom stereocenters. The summed E-state index contributed by atoms with van der Waals surface area (Å²) in [6.45, 7) is 0. The van der Waals surface area contributed by atoms with E-state index < -0.39 is 0 Å². The van der Waals surface area contributed by atoms with Gasteiger partial charge in [-0.05, 0) is 11.4 Å². The quantitative estimate of drug-likeness (QED) is 0.785. The molecular formula is C10H8N4OS2. The van der Waals surface area contributed by atoms with Gasteiger partial charge in [-0.25, -0.2) is 4.98 Å². The Balaban J connectivity index is 1.90. The SMILES string of the molecule is NC(c1nc(-c2cscn2)no1)c1cccs1. The van der Waals surface area contributed by atoms with Crippen molar-refractivity contribution in [1.29, 1.82) is 0 Å². The Morgan fingerprint density at radius 2 is 2.35 bits per heavy atom. The van der Waals surface area contributed by atoms with E-state index >= 15 is 0 Å². The minimum Gasteiger partial charge on any atom is -0.337 e. The molecule has 3 aromatic heterocycles. The van der Waals surface area contributed by atoms with Gasteiger partial charge >= 0.3 is 0 Å². The molecule has 17 heavy (non-hydrogen) atoms. The van der Waals surface area contributed by atoms with Crippen LogP contribution in [-0.4, -0.2) is 15.1 Å². The summed E-state index contributed by atoms with van der Waals surface area (Å²) < 4.78 is 5.16. The second-order valence-electron chi connectivity index (χ2n) is 3.32. The van der Waals surface area contributed by atoms with Gasteiger partial charge in [-0.1, -0.05) is 11.2 Å². The molecule has 0 amide bonds. The zero-order valence-electron chi connectivity index (χ0n) is 8.61. The fourth-order valence-corrected chi connectivity index (χ4v) is 2.63. The number of rotatable bonds is 3. The Morgan fingerprint density at radius 3 is 3.06 bits per heavy atom. The predicted molar refractivity (Wildman–Crippen MR) is 65.8 cm³/mol. The number of thiazole rings is 1. The molecular weight excluding hydrogens is 256 g/mol. The van der Waals surface area contributed by atoms with Crippen LogP contribution in [0.4, 0.5) is 0 Å². The van der Waals surface area contributed by atoms with Crippen LogP contribution in [0.15, 0.2) is 32.9 Å². The van der Waals surface area contributed by atoms with Crippen molar-refractivity contribution < 1.29 is 4.52 Å². The molecule has 0 aromatic carbocycles. The third kappa shape index (κ3) is 1.99. The highest BCUT2D eigenvalue weighted by Gasteiger charge is 2.18. The van der Waals surface area contributed by atoms with Crippen LogP contribution in [0.3, 0.4) is 0 Å². The summed E-state index contributed by atoms with van der Waals surface area (Å²) >= 11 is 3.05. The van der Waals surface area contributed by atoms with E-state index in [0.717, 1.165) is 4.88 Å². The molecule has 0 saturated carbocycles. The molecule has 0 aliphatic rings. The normalized spacial score (nSPS) is 12.8. The Labute approximate surface area is 105 Å². The molecule has 86 valence electrons. The smallest absolute Gasteiger partial charge is 0.249 e. The molecule has 0 bridgehead atoms. The minimum absolute atomic E-state index is 0.366. The summed E-state index contributed by atoms with van der Waals surface area (Å²) in [5.41, 5.74) is 8.46. The lowest BCUT2D eigenvalue weighted by Crippen LogP contribution is -2.10. The first-order valence-electron chi connectivity index (χ1n) is 4.86. The summed E-state index contributed by atoms with van der Waals surface area (Å²) in [6.07, 6.45) is 0. The molecule has 3 rings (SSSR count). The fourth-order valence-electron chi connectivity index (χ4n) is 1.38. The molecule has 3 heterocycles. The lowest BCUT2D eigenvalue weighted by atomic mass is 10.2. The van der Waals surface area contributed by atoms with Crippen LogP contribution in [-0.2, 0) is 0 Å². The average molecular weight is 264 g/mol. The van der Waals surface area contributed by atoms with Crippen LogP contribution >= 0.6 is 22.7 Å². The van der Waals surface area contributed by atoms with Gasteiger partial charge in [-0.15, -0.1) is 22.7 Å². The molecule has 2 N–H and O–H groups in total. The van der Waals surface area contributed by atoms with Gasteiger partial charge in [-0.3, -0.25) is 0 Å². The highest BCUT2D eigenvalue weighted by atomic mass is 32.1. The Hall–Kier alpha value is -1.57. The number of nitrogens with zero attached hydrogens (tertiary/aromatic N) is 3. The average Bonchev–Trinajstić information content (AvgIpc) is 3.09.